The van der Waals surface area contributed by atoms with Crippen LogP contribution in [0.1, 0.15) is 67.5 Å². The monoisotopic (exact) mass is 542 g/mol. The third-order valence-electron chi connectivity index (χ3n) is 7.67. The molecule has 0 unspecified atom stereocenters. The molecule has 40 heavy (non-hydrogen) atoms. The summed E-state index contributed by atoms with van der Waals surface area (Å²) in [7, 11) is 0. The zero-order valence-electron chi connectivity index (χ0n) is 22.3. The normalized spacial score (nSPS) is 17.1. The van der Waals surface area contributed by atoms with Crippen LogP contribution in [0.3, 0.4) is 0 Å². The molecular weight excluding hydrogens is 511 g/mol. The van der Waals surface area contributed by atoms with Gasteiger partial charge >= 0.3 is 5.97 Å². The van der Waals surface area contributed by atoms with Crippen molar-refractivity contribution in [3.05, 3.63) is 93.3 Å². The summed E-state index contributed by atoms with van der Waals surface area (Å²) in [6.07, 6.45) is 5.69. The number of carboxylic acid groups (broad SMARTS) is 1. The van der Waals surface area contributed by atoms with Crippen LogP contribution < -0.4 is 5.56 Å². The van der Waals surface area contributed by atoms with E-state index in [1.165, 1.54) is 6.07 Å². The van der Waals surface area contributed by atoms with E-state index in [4.69, 9.17) is 9.84 Å². The fraction of sp³-hybridized carbons (Fsp3) is 0.355. The van der Waals surface area contributed by atoms with Crippen molar-refractivity contribution in [2.24, 2.45) is 0 Å². The van der Waals surface area contributed by atoms with Crippen LogP contribution in [0, 0.1) is 17.1 Å². The highest BCUT2D eigenvalue weighted by Gasteiger charge is 2.28. The highest BCUT2D eigenvalue weighted by Crippen LogP contribution is 2.32. The van der Waals surface area contributed by atoms with Gasteiger partial charge in [-0.2, -0.15) is 10.4 Å². The van der Waals surface area contributed by atoms with Gasteiger partial charge < -0.3 is 9.84 Å². The van der Waals surface area contributed by atoms with Crippen molar-refractivity contribution >= 4 is 11.6 Å². The minimum Gasteiger partial charge on any atom is -0.480 e. The number of benzene rings is 2. The number of halogens is 1. The molecule has 5 rings (SSSR count). The SMILES string of the molecule is CCCc1c(Cc2ccc(-c3ccccc3C#N)cc2F)c(=O)n([C@H]2CC[C@H](OCC(=O)O)CC2)c2ccnn12. The second-order valence-electron chi connectivity index (χ2n) is 10.2. The first-order chi connectivity index (χ1) is 19.4. The Bertz CT molecular complexity index is 1640. The molecule has 9 heteroatoms. The van der Waals surface area contributed by atoms with Crippen molar-refractivity contribution < 1.29 is 19.0 Å². The number of aliphatic carboxylic acids is 1. The van der Waals surface area contributed by atoms with Gasteiger partial charge in [-0.3, -0.25) is 9.36 Å². The average molecular weight is 543 g/mol. The van der Waals surface area contributed by atoms with E-state index in [0.29, 0.717) is 65.6 Å². The third-order valence-corrected chi connectivity index (χ3v) is 7.67. The summed E-state index contributed by atoms with van der Waals surface area (Å²) in [5.41, 5.74) is 3.98. The first-order valence-corrected chi connectivity index (χ1v) is 13.6. The van der Waals surface area contributed by atoms with Gasteiger partial charge in [-0.15, -0.1) is 0 Å². The Labute approximate surface area is 231 Å². The fourth-order valence-corrected chi connectivity index (χ4v) is 5.75. The van der Waals surface area contributed by atoms with Gasteiger partial charge in [0.25, 0.3) is 5.56 Å². The topological polar surface area (TPSA) is 110 Å². The van der Waals surface area contributed by atoms with Gasteiger partial charge in [0, 0.05) is 24.1 Å². The number of rotatable bonds is 9. The molecule has 2 heterocycles. The van der Waals surface area contributed by atoms with Crippen LogP contribution in [0.4, 0.5) is 4.39 Å². The van der Waals surface area contributed by atoms with E-state index in [1.807, 2.05) is 23.6 Å². The summed E-state index contributed by atoms with van der Waals surface area (Å²) >= 11 is 0. The van der Waals surface area contributed by atoms with E-state index in [1.54, 1.807) is 41.1 Å². The van der Waals surface area contributed by atoms with Gasteiger partial charge in [0.2, 0.25) is 0 Å². The lowest BCUT2D eigenvalue weighted by Gasteiger charge is -2.30. The Morgan fingerprint density at radius 3 is 2.65 bits per heavy atom. The molecule has 1 aliphatic rings. The summed E-state index contributed by atoms with van der Waals surface area (Å²) < 4.78 is 24.6. The molecule has 0 saturated heterocycles. The number of hydrogen-bond donors (Lipinski definition) is 1. The number of carboxylic acids is 1. The molecule has 1 aliphatic carbocycles. The number of nitrogens with zero attached hydrogens (tertiary/aromatic N) is 4. The van der Waals surface area contributed by atoms with Crippen LogP contribution in [-0.4, -0.2) is 38.0 Å². The largest absolute Gasteiger partial charge is 0.480 e. The molecule has 206 valence electrons. The predicted octanol–water partition coefficient (Wildman–Crippen LogP) is 5.30. The molecule has 0 spiro atoms. The maximum atomic E-state index is 15.5. The Morgan fingerprint density at radius 2 is 1.95 bits per heavy atom. The van der Waals surface area contributed by atoms with E-state index in [2.05, 4.69) is 11.2 Å². The van der Waals surface area contributed by atoms with Crippen LogP contribution >= 0.6 is 0 Å². The van der Waals surface area contributed by atoms with Crippen molar-refractivity contribution in [2.45, 2.75) is 64.0 Å². The van der Waals surface area contributed by atoms with E-state index in [9.17, 15) is 14.9 Å². The van der Waals surface area contributed by atoms with E-state index >= 15 is 4.39 Å². The summed E-state index contributed by atoms with van der Waals surface area (Å²) in [5, 5.41) is 22.9. The Balaban J connectivity index is 1.51. The highest BCUT2D eigenvalue weighted by molar-refractivity contribution is 5.70. The lowest BCUT2D eigenvalue weighted by molar-refractivity contribution is -0.145. The fourth-order valence-electron chi connectivity index (χ4n) is 5.75. The zero-order valence-corrected chi connectivity index (χ0v) is 22.3. The third kappa shape index (κ3) is 5.40. The Morgan fingerprint density at radius 1 is 1.18 bits per heavy atom. The molecular formula is C31H31FN4O4. The quantitative estimate of drug-likeness (QED) is 0.307. The van der Waals surface area contributed by atoms with E-state index in [0.717, 1.165) is 12.1 Å². The van der Waals surface area contributed by atoms with E-state index in [-0.39, 0.29) is 30.7 Å². The number of carbonyl (C=O) groups is 1. The van der Waals surface area contributed by atoms with Gasteiger partial charge in [-0.25, -0.2) is 13.7 Å². The van der Waals surface area contributed by atoms with Gasteiger partial charge in [-0.05, 0) is 60.9 Å². The summed E-state index contributed by atoms with van der Waals surface area (Å²) in [6, 6.07) is 15.9. The zero-order chi connectivity index (χ0) is 28.2. The van der Waals surface area contributed by atoms with Gasteiger partial charge in [0.05, 0.1) is 29.6 Å². The van der Waals surface area contributed by atoms with Crippen molar-refractivity contribution in [3.8, 4) is 17.2 Å². The molecule has 0 aliphatic heterocycles. The van der Waals surface area contributed by atoms with Crippen molar-refractivity contribution in [2.75, 3.05) is 6.61 Å². The minimum atomic E-state index is -0.995. The summed E-state index contributed by atoms with van der Waals surface area (Å²) in [5.74, 6) is -1.43. The number of aromatic nitrogens is 3. The first kappa shape index (κ1) is 27.3. The smallest absolute Gasteiger partial charge is 0.329 e. The van der Waals surface area contributed by atoms with E-state index < -0.39 is 11.8 Å². The molecule has 0 bridgehead atoms. The highest BCUT2D eigenvalue weighted by atomic mass is 19.1. The molecule has 8 nitrogen and oxygen atoms in total. The Kier molecular flexibility index (Phi) is 8.08. The lowest BCUT2D eigenvalue weighted by Crippen LogP contribution is -2.35. The second-order valence-corrected chi connectivity index (χ2v) is 10.2. The van der Waals surface area contributed by atoms with Crippen LogP contribution in [0.2, 0.25) is 0 Å². The lowest BCUT2D eigenvalue weighted by atomic mass is 9.92. The van der Waals surface area contributed by atoms with Gasteiger partial charge in [-0.1, -0.05) is 43.7 Å². The molecule has 4 aromatic rings. The van der Waals surface area contributed by atoms with Crippen molar-refractivity contribution in [1.82, 2.24) is 14.2 Å². The van der Waals surface area contributed by atoms with Crippen LogP contribution in [0.25, 0.3) is 16.8 Å². The minimum absolute atomic E-state index is 0.0967. The maximum Gasteiger partial charge on any atom is 0.329 e. The maximum absolute atomic E-state index is 15.5. The standard InChI is InChI=1S/C31H31FN4O4/c1-2-5-28-26(16-21-9-8-20(17-27(21)32)25-7-4-3-6-22(25)18-33)31(39)35(29-14-15-34-36(28)29)23-10-12-24(13-11-23)40-19-30(37)38/h3-4,6-9,14-15,17,23-24H,2,5,10-13,16,19H2,1H3,(H,37,38)/t23-,24-. The van der Waals surface area contributed by atoms with Crippen LogP contribution in [0.15, 0.2) is 59.5 Å². The molecule has 0 radical (unpaired) electrons. The average Bonchev–Trinajstić information content (AvgIpc) is 3.44. The van der Waals surface area contributed by atoms with Crippen LogP contribution in [-0.2, 0) is 22.4 Å². The molecule has 1 N–H and O–H groups in total. The predicted molar refractivity (Wildman–Crippen MR) is 148 cm³/mol. The van der Waals surface area contributed by atoms with Gasteiger partial charge in [0.1, 0.15) is 18.1 Å². The Hall–Kier alpha value is -4.29. The van der Waals surface area contributed by atoms with Crippen molar-refractivity contribution in [3.63, 3.8) is 0 Å². The first-order valence-electron chi connectivity index (χ1n) is 13.6. The number of ether oxygens (including phenoxy) is 1. The summed E-state index contributed by atoms with van der Waals surface area (Å²) in [4.78, 5) is 25.0. The molecule has 2 aromatic heterocycles. The molecule has 1 saturated carbocycles. The number of fused-ring (bicyclic) bond motifs is 1. The van der Waals surface area contributed by atoms with Crippen LogP contribution in [0.5, 0.6) is 0 Å². The number of nitriles is 1. The van der Waals surface area contributed by atoms with Gasteiger partial charge in [0.15, 0.2) is 0 Å². The number of hydrogen-bond acceptors (Lipinski definition) is 5. The molecule has 0 atom stereocenters. The number of aryl methyl sites for hydroxylation is 1. The molecule has 1 fully saturated rings. The van der Waals surface area contributed by atoms with Crippen molar-refractivity contribution in [1.29, 1.82) is 5.26 Å². The molecule has 2 aromatic carbocycles. The second kappa shape index (κ2) is 11.8. The molecule has 0 amide bonds. The summed E-state index contributed by atoms with van der Waals surface area (Å²) in [6.45, 7) is 1.70.